The molecule has 0 saturated heterocycles. The lowest BCUT2D eigenvalue weighted by atomic mass is 10.2. The lowest BCUT2D eigenvalue weighted by Crippen LogP contribution is -2.29. The Balaban J connectivity index is 1.51. The standard InChI is InChI=1S/C21H20N2O6/c1-13(21(26)23-17-7-5-16(6-8-17)22-14(2)24)29-20(25)10-4-15-3-9-18-19(11-15)28-12-27-18/h3-11,13H,12H2,1-2H3,(H,22,24)(H,23,26)/b10-4+. The van der Waals surface area contributed by atoms with Crippen LogP contribution in [0, 0.1) is 0 Å². The Bertz CT molecular complexity index is 952. The van der Waals surface area contributed by atoms with Crippen LogP contribution in [-0.4, -0.2) is 30.7 Å². The van der Waals surface area contributed by atoms with Gasteiger partial charge in [0.15, 0.2) is 17.6 Å². The van der Waals surface area contributed by atoms with Crippen molar-refractivity contribution in [1.29, 1.82) is 0 Å². The fourth-order valence-corrected chi connectivity index (χ4v) is 2.53. The van der Waals surface area contributed by atoms with Crippen LogP contribution in [0.2, 0.25) is 0 Å². The van der Waals surface area contributed by atoms with Crippen LogP contribution >= 0.6 is 0 Å². The number of anilines is 2. The maximum absolute atomic E-state index is 12.2. The Morgan fingerprint density at radius 2 is 1.66 bits per heavy atom. The zero-order valence-electron chi connectivity index (χ0n) is 15.9. The first kappa shape index (κ1) is 19.9. The molecule has 1 unspecified atom stereocenters. The zero-order valence-corrected chi connectivity index (χ0v) is 15.9. The van der Waals surface area contributed by atoms with Gasteiger partial charge in [0.25, 0.3) is 5.91 Å². The number of benzene rings is 2. The Morgan fingerprint density at radius 1 is 1.00 bits per heavy atom. The van der Waals surface area contributed by atoms with Gasteiger partial charge in [-0.15, -0.1) is 0 Å². The van der Waals surface area contributed by atoms with Gasteiger partial charge in [0.1, 0.15) is 0 Å². The summed E-state index contributed by atoms with van der Waals surface area (Å²) in [5.41, 5.74) is 1.87. The maximum atomic E-state index is 12.2. The van der Waals surface area contributed by atoms with Crippen molar-refractivity contribution in [2.24, 2.45) is 0 Å². The molecule has 1 atom stereocenters. The van der Waals surface area contributed by atoms with E-state index in [2.05, 4.69) is 10.6 Å². The monoisotopic (exact) mass is 396 g/mol. The topological polar surface area (TPSA) is 103 Å². The molecule has 8 nitrogen and oxygen atoms in total. The summed E-state index contributed by atoms with van der Waals surface area (Å²) in [5.74, 6) is -0.0394. The molecule has 0 aliphatic carbocycles. The van der Waals surface area contributed by atoms with Crippen molar-refractivity contribution in [2.75, 3.05) is 17.4 Å². The summed E-state index contributed by atoms with van der Waals surface area (Å²) < 4.78 is 15.6. The molecule has 1 heterocycles. The average Bonchev–Trinajstić information content (AvgIpc) is 3.15. The van der Waals surface area contributed by atoms with Crippen molar-refractivity contribution in [3.05, 3.63) is 54.1 Å². The van der Waals surface area contributed by atoms with Gasteiger partial charge in [0, 0.05) is 24.4 Å². The Labute approximate surface area is 167 Å². The minimum atomic E-state index is -0.987. The number of hydrogen-bond acceptors (Lipinski definition) is 6. The predicted molar refractivity (Wildman–Crippen MR) is 107 cm³/mol. The molecule has 0 bridgehead atoms. The third kappa shape index (κ3) is 5.58. The number of esters is 1. The summed E-state index contributed by atoms with van der Waals surface area (Å²) in [7, 11) is 0. The highest BCUT2D eigenvalue weighted by Gasteiger charge is 2.17. The van der Waals surface area contributed by atoms with Gasteiger partial charge in [-0.25, -0.2) is 4.79 Å². The van der Waals surface area contributed by atoms with E-state index < -0.39 is 18.0 Å². The van der Waals surface area contributed by atoms with E-state index >= 15 is 0 Å². The van der Waals surface area contributed by atoms with Crippen LogP contribution in [0.1, 0.15) is 19.4 Å². The van der Waals surface area contributed by atoms with Crippen LogP contribution in [0.5, 0.6) is 11.5 Å². The number of nitrogens with one attached hydrogen (secondary N) is 2. The maximum Gasteiger partial charge on any atom is 0.331 e. The molecule has 2 aromatic rings. The molecule has 2 aromatic carbocycles. The number of carbonyl (C=O) groups excluding carboxylic acids is 3. The second kappa shape index (κ2) is 8.92. The average molecular weight is 396 g/mol. The van der Waals surface area contributed by atoms with Crippen molar-refractivity contribution in [3.63, 3.8) is 0 Å². The third-order valence-electron chi connectivity index (χ3n) is 3.94. The van der Waals surface area contributed by atoms with Crippen LogP contribution < -0.4 is 20.1 Å². The molecule has 0 radical (unpaired) electrons. The first-order valence-corrected chi connectivity index (χ1v) is 8.87. The Kier molecular flexibility index (Phi) is 6.13. The molecule has 0 saturated carbocycles. The van der Waals surface area contributed by atoms with Crippen molar-refractivity contribution >= 4 is 35.2 Å². The molecule has 0 fully saturated rings. The number of ether oxygens (including phenoxy) is 3. The number of hydrogen-bond donors (Lipinski definition) is 2. The van der Waals surface area contributed by atoms with Gasteiger partial charge in [0.05, 0.1) is 0 Å². The molecule has 29 heavy (non-hydrogen) atoms. The molecule has 150 valence electrons. The van der Waals surface area contributed by atoms with Crippen LogP contribution in [0.4, 0.5) is 11.4 Å². The van der Waals surface area contributed by atoms with Gasteiger partial charge in [-0.1, -0.05) is 6.07 Å². The lowest BCUT2D eigenvalue weighted by molar-refractivity contribution is -0.148. The molecule has 0 aromatic heterocycles. The lowest BCUT2D eigenvalue weighted by Gasteiger charge is -2.12. The van der Waals surface area contributed by atoms with Gasteiger partial charge < -0.3 is 24.8 Å². The van der Waals surface area contributed by atoms with Crippen LogP contribution in [0.3, 0.4) is 0 Å². The van der Waals surface area contributed by atoms with Gasteiger partial charge in [0.2, 0.25) is 12.7 Å². The van der Waals surface area contributed by atoms with Crippen molar-refractivity contribution in [1.82, 2.24) is 0 Å². The summed E-state index contributed by atoms with van der Waals surface area (Å²) >= 11 is 0. The van der Waals surface area contributed by atoms with Gasteiger partial charge in [-0.2, -0.15) is 0 Å². The van der Waals surface area contributed by atoms with Gasteiger partial charge in [-0.3, -0.25) is 9.59 Å². The van der Waals surface area contributed by atoms with Crippen molar-refractivity contribution in [3.8, 4) is 11.5 Å². The summed E-state index contributed by atoms with van der Waals surface area (Å²) in [5, 5.41) is 5.28. The summed E-state index contributed by atoms with van der Waals surface area (Å²) in [6, 6.07) is 11.9. The highest BCUT2D eigenvalue weighted by molar-refractivity contribution is 5.97. The minimum Gasteiger partial charge on any atom is -0.454 e. The predicted octanol–water partition coefficient (Wildman–Crippen LogP) is 2.96. The van der Waals surface area contributed by atoms with E-state index in [1.807, 2.05) is 0 Å². The Morgan fingerprint density at radius 3 is 2.34 bits per heavy atom. The van der Waals surface area contributed by atoms with E-state index in [9.17, 15) is 14.4 Å². The third-order valence-corrected chi connectivity index (χ3v) is 3.94. The fourth-order valence-electron chi connectivity index (χ4n) is 2.53. The van der Waals surface area contributed by atoms with Crippen molar-refractivity contribution in [2.45, 2.75) is 20.0 Å². The normalized spacial score (nSPS) is 13.0. The van der Waals surface area contributed by atoms with Crippen LogP contribution in [0.25, 0.3) is 6.08 Å². The molecule has 0 spiro atoms. The molecule has 1 aliphatic heterocycles. The smallest absolute Gasteiger partial charge is 0.331 e. The number of amides is 2. The summed E-state index contributed by atoms with van der Waals surface area (Å²) in [4.78, 5) is 35.2. The van der Waals surface area contributed by atoms with Crippen LogP contribution in [-0.2, 0) is 19.1 Å². The number of carbonyl (C=O) groups is 3. The van der Waals surface area contributed by atoms with E-state index in [4.69, 9.17) is 14.2 Å². The van der Waals surface area contributed by atoms with Gasteiger partial charge in [-0.05, 0) is 55.0 Å². The molecule has 1 aliphatic rings. The molecule has 8 heteroatoms. The molecule has 3 rings (SSSR count). The SMILES string of the molecule is CC(=O)Nc1ccc(NC(=O)C(C)OC(=O)/C=C/c2ccc3c(c2)OCO3)cc1. The largest absolute Gasteiger partial charge is 0.454 e. The zero-order chi connectivity index (χ0) is 20.8. The highest BCUT2D eigenvalue weighted by Crippen LogP contribution is 2.32. The van der Waals surface area contributed by atoms with E-state index in [1.165, 1.54) is 19.9 Å². The Hall–Kier alpha value is -3.81. The summed E-state index contributed by atoms with van der Waals surface area (Å²) in [6.07, 6.45) is 1.82. The van der Waals surface area contributed by atoms with Crippen LogP contribution in [0.15, 0.2) is 48.5 Å². The highest BCUT2D eigenvalue weighted by atomic mass is 16.7. The summed E-state index contributed by atoms with van der Waals surface area (Å²) in [6.45, 7) is 3.06. The van der Waals surface area contributed by atoms with Crippen molar-refractivity contribution < 1.29 is 28.6 Å². The number of fused-ring (bicyclic) bond motifs is 1. The molecular formula is C21H20N2O6. The van der Waals surface area contributed by atoms with E-state index in [0.29, 0.717) is 22.9 Å². The van der Waals surface area contributed by atoms with E-state index in [-0.39, 0.29) is 12.7 Å². The quantitative estimate of drug-likeness (QED) is 0.575. The molecule has 2 N–H and O–H groups in total. The molecule has 2 amide bonds. The minimum absolute atomic E-state index is 0.174. The second-order valence-corrected chi connectivity index (χ2v) is 6.27. The number of rotatable bonds is 6. The second-order valence-electron chi connectivity index (χ2n) is 6.27. The molecular weight excluding hydrogens is 376 g/mol. The first-order valence-electron chi connectivity index (χ1n) is 8.87. The van der Waals surface area contributed by atoms with E-state index in [1.54, 1.807) is 48.5 Å². The van der Waals surface area contributed by atoms with E-state index in [0.717, 1.165) is 5.56 Å². The fraction of sp³-hybridized carbons (Fsp3) is 0.190. The first-order chi connectivity index (χ1) is 13.9. The van der Waals surface area contributed by atoms with Gasteiger partial charge >= 0.3 is 5.97 Å².